The van der Waals surface area contributed by atoms with E-state index in [1.165, 1.54) is 37.9 Å². The zero-order valence-electron chi connectivity index (χ0n) is 17.3. The van der Waals surface area contributed by atoms with Crippen molar-refractivity contribution >= 4 is 29.9 Å². The fraction of sp³-hybridized carbons (Fsp3) is 0.667. The van der Waals surface area contributed by atoms with Crippen molar-refractivity contribution in [3.05, 3.63) is 29.8 Å². The first-order chi connectivity index (χ1) is 13.2. The third-order valence-corrected chi connectivity index (χ3v) is 5.35. The Bertz CT molecular complexity index is 608. The van der Waals surface area contributed by atoms with Gasteiger partial charge in [-0.05, 0) is 51.4 Å². The predicted octanol–water partition coefficient (Wildman–Crippen LogP) is 2.40. The van der Waals surface area contributed by atoms with Crippen molar-refractivity contribution in [2.75, 3.05) is 60.0 Å². The van der Waals surface area contributed by atoms with Crippen LogP contribution in [0.3, 0.4) is 0 Å². The number of benzene rings is 1. The molecule has 3 rings (SSSR count). The molecule has 2 aliphatic rings. The fourth-order valence-electron chi connectivity index (χ4n) is 3.34. The van der Waals surface area contributed by atoms with Crippen LogP contribution >= 0.6 is 24.0 Å². The number of likely N-dealkylation sites (N-methyl/N-ethyl adjacent to an activating group) is 1. The Balaban J connectivity index is 0.00000280. The number of rotatable bonds is 8. The first-order valence-corrected chi connectivity index (χ1v) is 10.3. The number of nitrogens with one attached hydrogen (secondary N) is 2. The van der Waals surface area contributed by atoms with Gasteiger partial charge in [-0.1, -0.05) is 18.2 Å². The van der Waals surface area contributed by atoms with Crippen molar-refractivity contribution in [1.82, 2.24) is 20.4 Å². The Morgan fingerprint density at radius 1 is 1.14 bits per heavy atom. The van der Waals surface area contributed by atoms with Crippen molar-refractivity contribution < 1.29 is 4.74 Å². The van der Waals surface area contributed by atoms with Gasteiger partial charge >= 0.3 is 0 Å². The van der Waals surface area contributed by atoms with Gasteiger partial charge in [0.1, 0.15) is 5.75 Å². The molecule has 1 aromatic rings. The minimum absolute atomic E-state index is 0. The predicted molar refractivity (Wildman–Crippen MR) is 127 cm³/mol. The lowest BCUT2D eigenvalue weighted by Crippen LogP contribution is -2.42. The number of guanidine groups is 1. The molecule has 0 amide bonds. The van der Waals surface area contributed by atoms with Gasteiger partial charge in [0.25, 0.3) is 0 Å². The Morgan fingerprint density at radius 2 is 1.96 bits per heavy atom. The van der Waals surface area contributed by atoms with Gasteiger partial charge in [-0.3, -0.25) is 4.99 Å². The summed E-state index contributed by atoms with van der Waals surface area (Å²) in [6.07, 6.45) is 3.87. The minimum atomic E-state index is 0. The van der Waals surface area contributed by atoms with Crippen molar-refractivity contribution in [2.24, 2.45) is 10.9 Å². The van der Waals surface area contributed by atoms with Gasteiger partial charge in [-0.25, -0.2) is 0 Å². The smallest absolute Gasteiger partial charge is 0.191 e. The van der Waals surface area contributed by atoms with Gasteiger partial charge in [-0.2, -0.15) is 0 Å². The van der Waals surface area contributed by atoms with Crippen LogP contribution < -0.4 is 15.4 Å². The van der Waals surface area contributed by atoms with Crippen LogP contribution in [-0.2, 0) is 6.54 Å². The lowest BCUT2D eigenvalue weighted by atomic mass is 10.2. The molecule has 1 aliphatic heterocycles. The average molecular weight is 501 g/mol. The molecule has 6 nitrogen and oxygen atoms in total. The highest BCUT2D eigenvalue weighted by molar-refractivity contribution is 14.0. The first-order valence-electron chi connectivity index (χ1n) is 10.3. The van der Waals surface area contributed by atoms with E-state index in [0.29, 0.717) is 0 Å². The molecule has 1 saturated heterocycles. The Morgan fingerprint density at radius 3 is 2.75 bits per heavy atom. The highest BCUT2D eigenvalue weighted by Crippen LogP contribution is 2.30. The van der Waals surface area contributed by atoms with E-state index in [-0.39, 0.29) is 24.0 Å². The summed E-state index contributed by atoms with van der Waals surface area (Å²) < 4.78 is 6.00. The summed E-state index contributed by atoms with van der Waals surface area (Å²) in [6, 6.07) is 8.28. The molecule has 0 spiro atoms. The standard InChI is InChI=1S/C21H35N5O.HI/c1-22-21(23-10-13-26-12-5-11-25(2)14-15-26)24-16-19-6-3-4-7-20(19)27-17-18-8-9-18;/h3-4,6-7,18H,5,8-17H2,1-2H3,(H2,22,23,24);1H. The number of ether oxygens (including phenoxy) is 1. The van der Waals surface area contributed by atoms with Crippen LogP contribution in [0.5, 0.6) is 5.75 Å². The van der Waals surface area contributed by atoms with Crippen molar-refractivity contribution in [1.29, 1.82) is 0 Å². The van der Waals surface area contributed by atoms with E-state index < -0.39 is 0 Å². The number of halogens is 1. The van der Waals surface area contributed by atoms with Crippen molar-refractivity contribution in [3.8, 4) is 5.75 Å². The van der Waals surface area contributed by atoms with Crippen molar-refractivity contribution in [2.45, 2.75) is 25.8 Å². The maximum absolute atomic E-state index is 6.00. The summed E-state index contributed by atoms with van der Waals surface area (Å²) in [6.45, 7) is 8.21. The largest absolute Gasteiger partial charge is 0.493 e. The lowest BCUT2D eigenvalue weighted by molar-refractivity contribution is 0.280. The van der Waals surface area contributed by atoms with Crippen molar-refractivity contribution in [3.63, 3.8) is 0 Å². The van der Waals surface area contributed by atoms with Crippen LogP contribution in [0.4, 0.5) is 0 Å². The molecular weight excluding hydrogens is 465 g/mol. The van der Waals surface area contributed by atoms with Gasteiger partial charge in [0.05, 0.1) is 6.61 Å². The molecule has 1 heterocycles. The fourth-order valence-corrected chi connectivity index (χ4v) is 3.34. The quantitative estimate of drug-likeness (QED) is 0.326. The van der Waals surface area contributed by atoms with E-state index >= 15 is 0 Å². The SMILES string of the molecule is CN=C(NCCN1CCCN(C)CC1)NCc1ccccc1OCC1CC1.I. The highest BCUT2D eigenvalue weighted by atomic mass is 127. The van der Waals surface area contributed by atoms with E-state index in [1.807, 2.05) is 13.1 Å². The molecule has 158 valence electrons. The molecule has 2 N–H and O–H groups in total. The molecule has 2 fully saturated rings. The third-order valence-electron chi connectivity index (χ3n) is 5.35. The molecule has 1 aromatic carbocycles. The molecule has 0 bridgehead atoms. The first kappa shape index (κ1) is 23.2. The monoisotopic (exact) mass is 501 g/mol. The van der Waals surface area contributed by atoms with Crippen LogP contribution in [0.1, 0.15) is 24.8 Å². The van der Waals surface area contributed by atoms with Crippen LogP contribution in [0.2, 0.25) is 0 Å². The van der Waals surface area contributed by atoms with E-state index in [0.717, 1.165) is 57.0 Å². The molecule has 0 aromatic heterocycles. The second-order valence-corrected chi connectivity index (χ2v) is 7.71. The topological polar surface area (TPSA) is 52.1 Å². The molecule has 0 unspecified atom stereocenters. The average Bonchev–Trinajstić information content (AvgIpc) is 3.52. The second-order valence-electron chi connectivity index (χ2n) is 7.71. The molecular formula is C21H36IN5O. The second kappa shape index (κ2) is 12.5. The maximum atomic E-state index is 6.00. The molecule has 0 radical (unpaired) electrons. The number of hydrogen-bond acceptors (Lipinski definition) is 4. The number of para-hydroxylation sites is 1. The molecule has 7 heteroatoms. The maximum Gasteiger partial charge on any atom is 0.191 e. The van der Waals surface area contributed by atoms with Gasteiger partial charge < -0.3 is 25.2 Å². The van der Waals surface area contributed by atoms with Crippen LogP contribution in [0.15, 0.2) is 29.3 Å². The molecule has 28 heavy (non-hydrogen) atoms. The zero-order valence-corrected chi connectivity index (χ0v) is 19.7. The van der Waals surface area contributed by atoms with Crippen LogP contribution in [0.25, 0.3) is 0 Å². The van der Waals surface area contributed by atoms with Crippen LogP contribution in [0, 0.1) is 5.92 Å². The normalized spacial score (nSPS) is 18.9. The molecule has 1 saturated carbocycles. The summed E-state index contributed by atoms with van der Waals surface area (Å²) in [4.78, 5) is 9.30. The van der Waals surface area contributed by atoms with E-state index in [9.17, 15) is 0 Å². The lowest BCUT2D eigenvalue weighted by Gasteiger charge is -2.21. The minimum Gasteiger partial charge on any atom is -0.493 e. The number of nitrogens with zero attached hydrogens (tertiary/aromatic N) is 3. The van der Waals surface area contributed by atoms with E-state index in [4.69, 9.17) is 4.74 Å². The highest BCUT2D eigenvalue weighted by Gasteiger charge is 2.22. The summed E-state index contributed by atoms with van der Waals surface area (Å²) in [7, 11) is 4.03. The third kappa shape index (κ3) is 8.13. The summed E-state index contributed by atoms with van der Waals surface area (Å²) in [5, 5.41) is 6.86. The van der Waals surface area contributed by atoms with Gasteiger partial charge in [-0.15, -0.1) is 24.0 Å². The summed E-state index contributed by atoms with van der Waals surface area (Å²) in [5.41, 5.74) is 1.18. The Hall–Kier alpha value is -1.06. The van der Waals surface area contributed by atoms with E-state index in [2.05, 4.69) is 50.7 Å². The number of aliphatic imine (C=N–C) groups is 1. The van der Waals surface area contributed by atoms with Gasteiger partial charge in [0, 0.05) is 45.3 Å². The number of hydrogen-bond donors (Lipinski definition) is 2. The summed E-state index contributed by atoms with van der Waals surface area (Å²) in [5.74, 6) is 2.60. The van der Waals surface area contributed by atoms with Gasteiger partial charge in [0.15, 0.2) is 5.96 Å². The Labute approximate surface area is 187 Å². The Kier molecular flexibility index (Phi) is 10.4. The van der Waals surface area contributed by atoms with E-state index in [1.54, 1.807) is 0 Å². The summed E-state index contributed by atoms with van der Waals surface area (Å²) >= 11 is 0. The van der Waals surface area contributed by atoms with Gasteiger partial charge in [0.2, 0.25) is 0 Å². The molecule has 0 atom stereocenters. The zero-order chi connectivity index (χ0) is 18.9. The van der Waals surface area contributed by atoms with Crippen LogP contribution in [-0.4, -0.2) is 75.7 Å². The molecule has 1 aliphatic carbocycles.